The van der Waals surface area contributed by atoms with Crippen molar-refractivity contribution >= 4 is 0 Å². The molecular weight excluding hydrogens is 304 g/mol. The summed E-state index contributed by atoms with van der Waals surface area (Å²) in [5.74, 6) is 1.75. The van der Waals surface area contributed by atoms with Gasteiger partial charge in [-0.2, -0.15) is 0 Å². The molecule has 2 heterocycles. The standard InChI is InChI=1S/C23H36N2/c1-18(25-14-11-19-9-5-6-10-20(19)16-25)22-15-21(23(22,2)3)17-24-12-7-4-8-13-24/h5-6,9-10,18,21-22H,4,7-8,11-17H2,1-3H3/t18?,21-,22-/m0/s1. The van der Waals surface area contributed by atoms with Gasteiger partial charge in [-0.15, -0.1) is 0 Å². The van der Waals surface area contributed by atoms with E-state index in [0.29, 0.717) is 11.5 Å². The molecule has 2 aliphatic heterocycles. The molecule has 25 heavy (non-hydrogen) atoms. The lowest BCUT2D eigenvalue weighted by molar-refractivity contribution is -0.0858. The highest BCUT2D eigenvalue weighted by Gasteiger charge is 2.51. The molecule has 3 atom stereocenters. The predicted octanol–water partition coefficient (Wildman–Crippen LogP) is 4.58. The Hall–Kier alpha value is -0.860. The quantitative estimate of drug-likeness (QED) is 0.791. The van der Waals surface area contributed by atoms with Gasteiger partial charge in [-0.1, -0.05) is 44.5 Å². The van der Waals surface area contributed by atoms with Crippen LogP contribution in [0.15, 0.2) is 24.3 Å². The van der Waals surface area contributed by atoms with Crippen molar-refractivity contribution in [2.75, 3.05) is 26.2 Å². The van der Waals surface area contributed by atoms with E-state index in [2.05, 4.69) is 54.8 Å². The van der Waals surface area contributed by atoms with Crippen molar-refractivity contribution in [2.45, 2.75) is 65.5 Å². The van der Waals surface area contributed by atoms with Gasteiger partial charge in [-0.3, -0.25) is 4.90 Å². The van der Waals surface area contributed by atoms with Crippen LogP contribution in [0.2, 0.25) is 0 Å². The van der Waals surface area contributed by atoms with E-state index in [1.54, 1.807) is 11.1 Å². The number of hydrogen-bond acceptors (Lipinski definition) is 2. The Morgan fingerprint density at radius 2 is 1.76 bits per heavy atom. The molecule has 1 unspecified atom stereocenters. The Morgan fingerprint density at radius 3 is 2.48 bits per heavy atom. The first-order valence-corrected chi connectivity index (χ1v) is 10.6. The van der Waals surface area contributed by atoms with Crippen molar-refractivity contribution in [3.05, 3.63) is 35.4 Å². The SMILES string of the molecule is CC([C@@H]1C[C@@H](CN2CCCCC2)C1(C)C)N1CCc2ccccc2C1. The number of likely N-dealkylation sites (tertiary alicyclic amines) is 1. The molecule has 1 aromatic carbocycles. The number of hydrogen-bond donors (Lipinski definition) is 0. The molecule has 1 saturated carbocycles. The van der Waals surface area contributed by atoms with E-state index in [9.17, 15) is 0 Å². The van der Waals surface area contributed by atoms with Crippen LogP contribution in [0, 0.1) is 17.3 Å². The Morgan fingerprint density at radius 1 is 1.04 bits per heavy atom. The highest BCUT2D eigenvalue weighted by Crippen LogP contribution is 2.54. The minimum Gasteiger partial charge on any atom is -0.303 e. The molecule has 1 aromatic rings. The first-order chi connectivity index (χ1) is 12.1. The lowest BCUT2D eigenvalue weighted by Gasteiger charge is -2.58. The van der Waals surface area contributed by atoms with Crippen molar-refractivity contribution in [3.63, 3.8) is 0 Å². The van der Waals surface area contributed by atoms with Gasteiger partial charge in [-0.25, -0.2) is 0 Å². The summed E-state index contributed by atoms with van der Waals surface area (Å²) in [6.45, 7) is 14.0. The zero-order valence-corrected chi connectivity index (χ0v) is 16.5. The Balaban J connectivity index is 1.36. The lowest BCUT2D eigenvalue weighted by Crippen LogP contribution is -2.58. The maximum Gasteiger partial charge on any atom is 0.0239 e. The van der Waals surface area contributed by atoms with Crippen molar-refractivity contribution in [3.8, 4) is 0 Å². The van der Waals surface area contributed by atoms with Gasteiger partial charge in [0.1, 0.15) is 0 Å². The number of fused-ring (bicyclic) bond motifs is 1. The zero-order chi connectivity index (χ0) is 17.4. The van der Waals surface area contributed by atoms with Crippen LogP contribution < -0.4 is 0 Å². The summed E-state index contributed by atoms with van der Waals surface area (Å²) >= 11 is 0. The van der Waals surface area contributed by atoms with E-state index in [-0.39, 0.29) is 0 Å². The summed E-state index contributed by atoms with van der Waals surface area (Å²) in [5, 5.41) is 0. The van der Waals surface area contributed by atoms with E-state index < -0.39 is 0 Å². The fraction of sp³-hybridized carbons (Fsp3) is 0.739. The van der Waals surface area contributed by atoms with Crippen LogP contribution in [0.1, 0.15) is 57.6 Å². The fourth-order valence-electron chi connectivity index (χ4n) is 5.76. The van der Waals surface area contributed by atoms with Crippen LogP contribution in [-0.4, -0.2) is 42.0 Å². The minimum atomic E-state index is 0.494. The monoisotopic (exact) mass is 340 g/mol. The Labute approximate surface area is 154 Å². The highest BCUT2D eigenvalue weighted by molar-refractivity contribution is 5.29. The molecule has 1 saturated heterocycles. The van der Waals surface area contributed by atoms with Gasteiger partial charge in [0.25, 0.3) is 0 Å². The molecule has 0 radical (unpaired) electrons. The van der Waals surface area contributed by atoms with E-state index in [0.717, 1.165) is 18.4 Å². The van der Waals surface area contributed by atoms with E-state index >= 15 is 0 Å². The van der Waals surface area contributed by atoms with Gasteiger partial charge < -0.3 is 4.90 Å². The predicted molar refractivity (Wildman–Crippen MR) is 106 cm³/mol. The van der Waals surface area contributed by atoms with Crippen LogP contribution in [-0.2, 0) is 13.0 Å². The number of piperidine rings is 1. The van der Waals surface area contributed by atoms with Crippen LogP contribution in [0.4, 0.5) is 0 Å². The van der Waals surface area contributed by atoms with E-state index in [4.69, 9.17) is 0 Å². The second-order valence-corrected chi connectivity index (χ2v) is 9.45. The van der Waals surface area contributed by atoms with Crippen molar-refractivity contribution in [2.24, 2.45) is 17.3 Å². The molecule has 0 spiro atoms. The summed E-state index contributed by atoms with van der Waals surface area (Å²) < 4.78 is 0. The average molecular weight is 341 g/mol. The molecule has 4 rings (SSSR count). The van der Waals surface area contributed by atoms with Gasteiger partial charge in [0.15, 0.2) is 0 Å². The molecule has 0 aromatic heterocycles. The molecule has 1 aliphatic carbocycles. The molecule has 2 heteroatoms. The average Bonchev–Trinajstić information content (AvgIpc) is 2.65. The lowest BCUT2D eigenvalue weighted by atomic mass is 9.52. The van der Waals surface area contributed by atoms with Gasteiger partial charge in [-0.05, 0) is 74.1 Å². The third kappa shape index (κ3) is 3.40. The molecule has 0 amide bonds. The first kappa shape index (κ1) is 17.5. The van der Waals surface area contributed by atoms with Crippen molar-refractivity contribution in [1.82, 2.24) is 9.80 Å². The topological polar surface area (TPSA) is 6.48 Å². The maximum absolute atomic E-state index is 2.76. The third-order valence-corrected chi connectivity index (χ3v) is 7.79. The molecular formula is C23H36N2. The second kappa shape index (κ2) is 7.04. The highest BCUT2D eigenvalue weighted by atomic mass is 15.2. The molecule has 0 bridgehead atoms. The molecule has 138 valence electrons. The normalized spacial score (nSPS) is 31.2. The van der Waals surface area contributed by atoms with Gasteiger partial charge in [0.05, 0.1) is 0 Å². The number of rotatable bonds is 4. The smallest absolute Gasteiger partial charge is 0.0239 e. The van der Waals surface area contributed by atoms with E-state index in [1.165, 1.54) is 58.3 Å². The molecule has 0 N–H and O–H groups in total. The summed E-state index contributed by atoms with van der Waals surface area (Å²) in [6, 6.07) is 9.76. The van der Waals surface area contributed by atoms with Crippen LogP contribution in [0.5, 0.6) is 0 Å². The summed E-state index contributed by atoms with van der Waals surface area (Å²) in [6.07, 6.45) is 6.94. The summed E-state index contributed by atoms with van der Waals surface area (Å²) in [5.41, 5.74) is 3.62. The summed E-state index contributed by atoms with van der Waals surface area (Å²) in [7, 11) is 0. The fourth-order valence-corrected chi connectivity index (χ4v) is 5.76. The largest absolute Gasteiger partial charge is 0.303 e. The first-order valence-electron chi connectivity index (χ1n) is 10.6. The van der Waals surface area contributed by atoms with Crippen LogP contribution >= 0.6 is 0 Å². The Kier molecular flexibility index (Phi) is 4.94. The minimum absolute atomic E-state index is 0.494. The molecule has 2 nitrogen and oxygen atoms in total. The molecule has 2 fully saturated rings. The number of benzene rings is 1. The van der Waals surface area contributed by atoms with Gasteiger partial charge in [0.2, 0.25) is 0 Å². The maximum atomic E-state index is 2.76. The zero-order valence-electron chi connectivity index (χ0n) is 16.5. The molecule has 3 aliphatic rings. The van der Waals surface area contributed by atoms with Crippen molar-refractivity contribution < 1.29 is 0 Å². The van der Waals surface area contributed by atoms with Gasteiger partial charge >= 0.3 is 0 Å². The van der Waals surface area contributed by atoms with Crippen LogP contribution in [0.3, 0.4) is 0 Å². The third-order valence-electron chi connectivity index (χ3n) is 7.79. The second-order valence-electron chi connectivity index (χ2n) is 9.45. The Bertz CT molecular complexity index is 588. The number of nitrogens with zero attached hydrogens (tertiary/aromatic N) is 2. The van der Waals surface area contributed by atoms with Gasteiger partial charge in [0, 0.05) is 25.7 Å². The van der Waals surface area contributed by atoms with Crippen molar-refractivity contribution in [1.29, 1.82) is 0 Å². The summed E-state index contributed by atoms with van der Waals surface area (Å²) in [4.78, 5) is 5.50. The van der Waals surface area contributed by atoms with E-state index in [1.807, 2.05) is 0 Å². The van der Waals surface area contributed by atoms with Crippen LogP contribution in [0.25, 0.3) is 0 Å².